The summed E-state index contributed by atoms with van der Waals surface area (Å²) < 4.78 is 28.0. The molecule has 1 N–H and O–H groups in total. The topological polar surface area (TPSA) is 86.8 Å². The molecule has 0 aromatic heterocycles. The predicted octanol–water partition coefficient (Wildman–Crippen LogP) is 4.99. The van der Waals surface area contributed by atoms with Crippen molar-refractivity contribution < 1.29 is 18.0 Å². The van der Waals surface area contributed by atoms with Crippen LogP contribution in [0.3, 0.4) is 0 Å². The third-order valence-electron chi connectivity index (χ3n) is 7.72. The molecule has 1 aliphatic carbocycles. The molecule has 0 spiro atoms. The van der Waals surface area contributed by atoms with Crippen molar-refractivity contribution >= 4 is 38.3 Å². The number of hydrogen-bond donors (Lipinski definition) is 1. The van der Waals surface area contributed by atoms with Crippen LogP contribution in [0.1, 0.15) is 57.4 Å². The summed E-state index contributed by atoms with van der Waals surface area (Å²) in [5, 5.41) is 4.79. The average molecular weight is 534 g/mol. The molecule has 0 saturated heterocycles. The van der Waals surface area contributed by atoms with Crippen LogP contribution in [0, 0.1) is 0 Å². The Hall–Kier alpha value is -3.39. The Labute approximate surface area is 224 Å². The average Bonchev–Trinajstić information content (AvgIpc) is 3.50. The van der Waals surface area contributed by atoms with E-state index in [1.807, 2.05) is 61.5 Å². The highest BCUT2D eigenvalue weighted by atomic mass is 32.2. The molecule has 2 amide bonds. The molecule has 200 valence electrons. The van der Waals surface area contributed by atoms with Gasteiger partial charge in [0.05, 0.1) is 10.6 Å². The fraction of sp³-hybridized carbons (Fsp3) is 0.400. The molecule has 1 fully saturated rings. The van der Waals surface area contributed by atoms with Gasteiger partial charge in [-0.15, -0.1) is 0 Å². The largest absolute Gasteiger partial charge is 0.352 e. The van der Waals surface area contributed by atoms with Gasteiger partial charge in [0.25, 0.3) is 10.0 Å². The molecule has 38 heavy (non-hydrogen) atoms. The van der Waals surface area contributed by atoms with Gasteiger partial charge in [0.1, 0.15) is 6.04 Å². The normalized spacial score (nSPS) is 17.0. The predicted molar refractivity (Wildman–Crippen MR) is 149 cm³/mol. The number of carbonyl (C=O) groups is 2. The first kappa shape index (κ1) is 26.2. The second kappa shape index (κ2) is 11.2. The summed E-state index contributed by atoms with van der Waals surface area (Å²) in [6.07, 6.45) is 5.21. The molecule has 0 unspecified atom stereocenters. The molecule has 3 aromatic carbocycles. The maximum Gasteiger partial charge on any atom is 0.265 e. The first-order valence-corrected chi connectivity index (χ1v) is 15.0. The minimum absolute atomic E-state index is 0.104. The lowest BCUT2D eigenvalue weighted by Gasteiger charge is -2.32. The number of nitrogens with one attached hydrogen (secondary N) is 1. The van der Waals surface area contributed by atoms with Crippen molar-refractivity contribution in [2.75, 3.05) is 10.8 Å². The molecule has 8 heteroatoms. The molecule has 3 aromatic rings. The van der Waals surface area contributed by atoms with Gasteiger partial charge >= 0.3 is 0 Å². The fourth-order valence-corrected chi connectivity index (χ4v) is 7.53. The first-order chi connectivity index (χ1) is 18.4. The smallest absolute Gasteiger partial charge is 0.265 e. The highest BCUT2D eigenvalue weighted by Crippen LogP contribution is 2.42. The van der Waals surface area contributed by atoms with Crippen LogP contribution in [0.4, 0.5) is 5.69 Å². The lowest BCUT2D eigenvalue weighted by atomic mass is 10.1. The fourth-order valence-electron chi connectivity index (χ4n) is 5.78. The summed E-state index contributed by atoms with van der Waals surface area (Å²) in [7, 11) is -3.67. The van der Waals surface area contributed by atoms with E-state index < -0.39 is 16.1 Å². The number of carbonyl (C=O) groups excluding carboxylic acids is 2. The van der Waals surface area contributed by atoms with Crippen molar-refractivity contribution in [1.82, 2.24) is 10.2 Å². The Kier molecular flexibility index (Phi) is 7.70. The van der Waals surface area contributed by atoms with Crippen molar-refractivity contribution in [2.24, 2.45) is 0 Å². The summed E-state index contributed by atoms with van der Waals surface area (Å²) >= 11 is 0. The van der Waals surface area contributed by atoms with E-state index >= 15 is 0 Å². The number of amides is 2. The second-order valence-corrected chi connectivity index (χ2v) is 12.1. The number of hydrogen-bond acceptors (Lipinski definition) is 4. The number of nitrogens with zero attached hydrogens (tertiary/aromatic N) is 2. The molecule has 7 nitrogen and oxygen atoms in total. The van der Waals surface area contributed by atoms with Crippen molar-refractivity contribution in [1.29, 1.82) is 0 Å². The zero-order valence-electron chi connectivity index (χ0n) is 21.8. The zero-order chi connectivity index (χ0) is 26.7. The molecular weight excluding hydrogens is 498 g/mol. The number of benzene rings is 3. The Balaban J connectivity index is 1.31. The standard InChI is InChI=1S/C30H35N3O4S/c1-2-25(30(35)31-24-15-6-7-16-24)32(21-22-11-4-3-5-12-22)28(34)19-10-20-33-26-17-8-13-23-14-9-18-27(29(23)26)38(33,36)37/h3-5,8-9,11-14,17-18,24-25H,2,6-7,10,15-16,19-21H2,1H3,(H,31,35)/t25-/m0/s1. The van der Waals surface area contributed by atoms with Crippen LogP contribution in [0.25, 0.3) is 10.8 Å². The van der Waals surface area contributed by atoms with Gasteiger partial charge in [-0.3, -0.25) is 13.9 Å². The third kappa shape index (κ3) is 5.14. The van der Waals surface area contributed by atoms with E-state index in [9.17, 15) is 18.0 Å². The molecule has 2 aliphatic rings. The number of sulfonamides is 1. The van der Waals surface area contributed by atoms with Crippen molar-refractivity contribution in [3.63, 3.8) is 0 Å². The Morgan fingerprint density at radius 2 is 1.71 bits per heavy atom. The van der Waals surface area contributed by atoms with Gasteiger partial charge in [-0.25, -0.2) is 8.42 Å². The van der Waals surface area contributed by atoms with Crippen LogP contribution in [0.2, 0.25) is 0 Å². The van der Waals surface area contributed by atoms with Crippen LogP contribution >= 0.6 is 0 Å². The summed E-state index contributed by atoms with van der Waals surface area (Å²) in [6, 6.07) is 20.2. The van der Waals surface area contributed by atoms with E-state index in [1.165, 1.54) is 4.31 Å². The van der Waals surface area contributed by atoms with E-state index in [2.05, 4.69) is 5.32 Å². The lowest BCUT2D eigenvalue weighted by molar-refractivity contribution is -0.141. The maximum atomic E-state index is 13.6. The monoisotopic (exact) mass is 533 g/mol. The minimum Gasteiger partial charge on any atom is -0.352 e. The highest BCUT2D eigenvalue weighted by molar-refractivity contribution is 7.93. The molecule has 1 atom stereocenters. The van der Waals surface area contributed by atoms with Crippen LogP contribution in [0.5, 0.6) is 0 Å². The van der Waals surface area contributed by atoms with Gasteiger partial charge in [-0.05, 0) is 48.8 Å². The Morgan fingerprint density at radius 1 is 1.00 bits per heavy atom. The summed E-state index contributed by atoms with van der Waals surface area (Å²) in [5.74, 6) is -0.248. The molecule has 0 bridgehead atoms. The van der Waals surface area contributed by atoms with Crippen LogP contribution in [-0.2, 0) is 26.2 Å². The quantitative estimate of drug-likeness (QED) is 0.398. The van der Waals surface area contributed by atoms with Crippen molar-refractivity contribution in [3.8, 4) is 0 Å². The molecule has 1 heterocycles. The lowest BCUT2D eigenvalue weighted by Crippen LogP contribution is -2.51. The molecule has 1 aliphatic heterocycles. The van der Waals surface area contributed by atoms with Crippen LogP contribution < -0.4 is 9.62 Å². The van der Waals surface area contributed by atoms with Crippen molar-refractivity contribution in [2.45, 2.75) is 75.4 Å². The molecule has 0 radical (unpaired) electrons. The summed E-state index contributed by atoms with van der Waals surface area (Å²) in [5.41, 5.74) is 1.62. The molecular formula is C30H35N3O4S. The maximum absolute atomic E-state index is 13.6. The Morgan fingerprint density at radius 3 is 2.42 bits per heavy atom. The summed E-state index contributed by atoms with van der Waals surface area (Å²) in [6.45, 7) is 2.47. The van der Waals surface area contributed by atoms with E-state index in [-0.39, 0.29) is 30.8 Å². The van der Waals surface area contributed by atoms with E-state index in [0.717, 1.165) is 42.0 Å². The van der Waals surface area contributed by atoms with E-state index in [0.29, 0.717) is 30.0 Å². The number of anilines is 1. The highest BCUT2D eigenvalue weighted by Gasteiger charge is 2.36. The number of rotatable bonds is 10. The van der Waals surface area contributed by atoms with Gasteiger partial charge in [-0.1, -0.05) is 74.4 Å². The second-order valence-electron chi connectivity index (χ2n) is 10.2. The first-order valence-electron chi connectivity index (χ1n) is 13.6. The Bertz CT molecular complexity index is 1410. The van der Waals surface area contributed by atoms with Gasteiger partial charge < -0.3 is 10.2 Å². The third-order valence-corrected chi connectivity index (χ3v) is 9.57. The van der Waals surface area contributed by atoms with Crippen molar-refractivity contribution in [3.05, 3.63) is 72.3 Å². The van der Waals surface area contributed by atoms with Gasteiger partial charge in [-0.2, -0.15) is 0 Å². The van der Waals surface area contributed by atoms with Gasteiger partial charge in [0.2, 0.25) is 11.8 Å². The molecule has 1 saturated carbocycles. The van der Waals surface area contributed by atoms with Crippen LogP contribution in [-0.4, -0.2) is 43.8 Å². The van der Waals surface area contributed by atoms with Gasteiger partial charge in [0.15, 0.2) is 0 Å². The van der Waals surface area contributed by atoms with Crippen LogP contribution in [0.15, 0.2) is 71.6 Å². The van der Waals surface area contributed by atoms with E-state index in [4.69, 9.17) is 0 Å². The van der Waals surface area contributed by atoms with E-state index in [1.54, 1.807) is 17.0 Å². The van der Waals surface area contributed by atoms with Gasteiger partial charge in [0, 0.05) is 30.9 Å². The SMILES string of the molecule is CC[C@@H](C(=O)NC1CCCC1)N(Cc1ccccc1)C(=O)CCCN1c2cccc3cccc(c23)S1(=O)=O. The molecule has 5 rings (SSSR count). The minimum atomic E-state index is -3.67. The zero-order valence-corrected chi connectivity index (χ0v) is 22.6. The summed E-state index contributed by atoms with van der Waals surface area (Å²) in [4.78, 5) is 28.9.